The van der Waals surface area contributed by atoms with Crippen molar-refractivity contribution >= 4 is 11.9 Å². The zero-order valence-corrected chi connectivity index (χ0v) is 14.8. The topological polar surface area (TPSA) is 94.0 Å². The summed E-state index contributed by atoms with van der Waals surface area (Å²) in [5, 5.41) is 14.8. The predicted molar refractivity (Wildman–Crippen MR) is 96.5 cm³/mol. The smallest absolute Gasteiger partial charge is 0.414 e. The van der Waals surface area contributed by atoms with E-state index in [1.165, 1.54) is 17.7 Å². The first-order valence-electron chi connectivity index (χ1n) is 8.49. The highest BCUT2D eigenvalue weighted by atomic mass is 19.1. The van der Waals surface area contributed by atoms with Gasteiger partial charge in [0.1, 0.15) is 5.82 Å². The first kappa shape index (κ1) is 20.5. The summed E-state index contributed by atoms with van der Waals surface area (Å²) in [7, 11) is 0. The van der Waals surface area contributed by atoms with Crippen molar-refractivity contribution in [3.63, 3.8) is 0 Å². The van der Waals surface area contributed by atoms with Crippen LogP contribution in [0, 0.1) is 5.82 Å². The quantitative estimate of drug-likeness (QED) is 0.786. The van der Waals surface area contributed by atoms with Crippen molar-refractivity contribution < 1.29 is 24.2 Å². The number of carboxylic acid groups (broad SMARTS) is 2. The summed E-state index contributed by atoms with van der Waals surface area (Å²) < 4.78 is 12.9. The first-order valence-corrected chi connectivity index (χ1v) is 8.49. The van der Waals surface area contributed by atoms with Crippen LogP contribution < -0.4 is 0 Å². The van der Waals surface area contributed by atoms with Crippen molar-refractivity contribution in [2.45, 2.75) is 13.1 Å². The SMILES string of the molecule is Fc1ccc(CN2CCN(Cc3ccccn3)CC2)cc1.O=C(O)C(=O)O. The molecule has 144 valence electrons. The summed E-state index contributed by atoms with van der Waals surface area (Å²) in [6.07, 6.45) is 1.85. The van der Waals surface area contributed by atoms with E-state index in [0.717, 1.165) is 45.0 Å². The number of rotatable bonds is 4. The normalized spacial score (nSPS) is 14.9. The molecule has 0 radical (unpaired) electrons. The van der Waals surface area contributed by atoms with Crippen LogP contribution in [0.2, 0.25) is 0 Å². The molecule has 0 unspecified atom stereocenters. The molecule has 7 nitrogen and oxygen atoms in total. The molecule has 1 aromatic heterocycles. The van der Waals surface area contributed by atoms with E-state index in [9.17, 15) is 4.39 Å². The Labute approximate surface area is 156 Å². The highest BCUT2D eigenvalue weighted by Gasteiger charge is 2.17. The van der Waals surface area contributed by atoms with Gasteiger partial charge in [0.15, 0.2) is 0 Å². The lowest BCUT2D eigenvalue weighted by atomic mass is 10.2. The third kappa shape index (κ3) is 7.51. The summed E-state index contributed by atoms with van der Waals surface area (Å²) >= 11 is 0. The molecule has 0 saturated carbocycles. The molecule has 1 aliphatic heterocycles. The van der Waals surface area contributed by atoms with Crippen LogP contribution in [-0.2, 0) is 22.7 Å². The van der Waals surface area contributed by atoms with Gasteiger partial charge in [0.05, 0.1) is 5.69 Å². The number of carbonyl (C=O) groups is 2. The van der Waals surface area contributed by atoms with Crippen LogP contribution in [-0.4, -0.2) is 63.1 Å². The van der Waals surface area contributed by atoms with Gasteiger partial charge in [-0.15, -0.1) is 0 Å². The summed E-state index contributed by atoms with van der Waals surface area (Å²) in [4.78, 5) is 27.4. The Bertz CT molecular complexity index is 720. The van der Waals surface area contributed by atoms with E-state index < -0.39 is 11.9 Å². The molecule has 2 N–H and O–H groups in total. The maximum absolute atomic E-state index is 12.9. The van der Waals surface area contributed by atoms with Gasteiger partial charge in [-0.25, -0.2) is 14.0 Å². The summed E-state index contributed by atoms with van der Waals surface area (Å²) in [6, 6.07) is 12.9. The van der Waals surface area contributed by atoms with E-state index in [1.54, 1.807) is 0 Å². The molecule has 2 heterocycles. The third-order valence-electron chi connectivity index (χ3n) is 4.08. The lowest BCUT2D eigenvalue weighted by Gasteiger charge is -2.34. The van der Waals surface area contributed by atoms with E-state index >= 15 is 0 Å². The van der Waals surface area contributed by atoms with Crippen LogP contribution in [0.1, 0.15) is 11.3 Å². The second kappa shape index (κ2) is 10.3. The largest absolute Gasteiger partial charge is 0.473 e. The molecule has 2 aromatic rings. The number of aromatic nitrogens is 1. The maximum Gasteiger partial charge on any atom is 0.414 e. The molecule has 0 bridgehead atoms. The molecule has 1 aliphatic rings. The lowest BCUT2D eigenvalue weighted by Crippen LogP contribution is -2.45. The fourth-order valence-electron chi connectivity index (χ4n) is 2.67. The average Bonchev–Trinajstić information content (AvgIpc) is 2.66. The molecule has 3 rings (SSSR count). The van der Waals surface area contributed by atoms with Crippen LogP contribution >= 0.6 is 0 Å². The van der Waals surface area contributed by atoms with Gasteiger partial charge in [0.2, 0.25) is 0 Å². The minimum Gasteiger partial charge on any atom is -0.473 e. The van der Waals surface area contributed by atoms with Crippen LogP contribution in [0.4, 0.5) is 4.39 Å². The van der Waals surface area contributed by atoms with Crippen LogP contribution in [0.3, 0.4) is 0 Å². The van der Waals surface area contributed by atoms with Gasteiger partial charge in [0.25, 0.3) is 0 Å². The van der Waals surface area contributed by atoms with Crippen LogP contribution in [0.15, 0.2) is 48.7 Å². The summed E-state index contributed by atoms with van der Waals surface area (Å²) in [5.41, 5.74) is 2.30. The van der Waals surface area contributed by atoms with Gasteiger partial charge in [0, 0.05) is 45.5 Å². The minimum absolute atomic E-state index is 0.168. The number of carboxylic acids is 2. The van der Waals surface area contributed by atoms with E-state index in [-0.39, 0.29) is 5.82 Å². The molecule has 0 aliphatic carbocycles. The molecule has 8 heteroatoms. The van der Waals surface area contributed by atoms with Crippen LogP contribution in [0.25, 0.3) is 0 Å². The number of nitrogens with zero attached hydrogens (tertiary/aromatic N) is 3. The Kier molecular flexibility index (Phi) is 7.84. The first-order chi connectivity index (χ1) is 12.9. The third-order valence-corrected chi connectivity index (χ3v) is 4.08. The molecule has 0 spiro atoms. The van der Waals surface area contributed by atoms with Crippen molar-refractivity contribution in [1.29, 1.82) is 0 Å². The summed E-state index contributed by atoms with van der Waals surface area (Å²) in [6.45, 7) is 6.02. The molecule has 1 fully saturated rings. The standard InChI is InChI=1S/C17H20FN3.C2H2O4/c18-16-6-4-15(5-7-16)13-20-9-11-21(12-10-20)14-17-3-1-2-8-19-17;3-1(4)2(5)6/h1-8H,9-14H2;(H,3,4)(H,5,6). The summed E-state index contributed by atoms with van der Waals surface area (Å²) in [5.74, 6) is -3.82. The fraction of sp³-hybridized carbons (Fsp3) is 0.316. The van der Waals surface area contributed by atoms with Gasteiger partial charge in [-0.2, -0.15) is 0 Å². The number of pyridine rings is 1. The van der Waals surface area contributed by atoms with E-state index in [0.29, 0.717) is 0 Å². The number of aliphatic carboxylic acids is 2. The molecular formula is C19H22FN3O4. The maximum atomic E-state index is 12.9. The Morgan fingerprint density at radius 2 is 1.44 bits per heavy atom. The van der Waals surface area contributed by atoms with Crippen molar-refractivity contribution in [2.24, 2.45) is 0 Å². The van der Waals surface area contributed by atoms with Crippen LogP contribution in [0.5, 0.6) is 0 Å². The van der Waals surface area contributed by atoms with E-state index in [4.69, 9.17) is 19.8 Å². The predicted octanol–water partition coefficient (Wildman–Crippen LogP) is 1.69. The second-order valence-electron chi connectivity index (χ2n) is 6.11. The van der Waals surface area contributed by atoms with Crippen molar-refractivity contribution in [1.82, 2.24) is 14.8 Å². The van der Waals surface area contributed by atoms with E-state index in [1.807, 2.05) is 30.5 Å². The van der Waals surface area contributed by atoms with E-state index in [2.05, 4.69) is 20.9 Å². The number of piperazine rings is 1. The highest BCUT2D eigenvalue weighted by molar-refractivity contribution is 6.27. The molecule has 0 amide bonds. The molecule has 1 aromatic carbocycles. The lowest BCUT2D eigenvalue weighted by molar-refractivity contribution is -0.159. The molecular weight excluding hydrogens is 353 g/mol. The van der Waals surface area contributed by atoms with Crippen molar-refractivity contribution in [3.8, 4) is 0 Å². The Morgan fingerprint density at radius 1 is 0.889 bits per heavy atom. The van der Waals surface area contributed by atoms with Gasteiger partial charge >= 0.3 is 11.9 Å². The molecule has 27 heavy (non-hydrogen) atoms. The van der Waals surface area contributed by atoms with Crippen molar-refractivity contribution in [3.05, 3.63) is 65.7 Å². The van der Waals surface area contributed by atoms with Gasteiger partial charge in [-0.1, -0.05) is 18.2 Å². The molecule has 0 atom stereocenters. The zero-order valence-electron chi connectivity index (χ0n) is 14.8. The number of benzene rings is 1. The monoisotopic (exact) mass is 375 g/mol. The van der Waals surface area contributed by atoms with Gasteiger partial charge in [-0.05, 0) is 29.8 Å². The highest BCUT2D eigenvalue weighted by Crippen LogP contribution is 2.11. The fourth-order valence-corrected chi connectivity index (χ4v) is 2.67. The van der Waals surface area contributed by atoms with Gasteiger partial charge in [-0.3, -0.25) is 14.8 Å². The number of halogens is 1. The zero-order chi connectivity index (χ0) is 19.6. The van der Waals surface area contributed by atoms with Gasteiger partial charge < -0.3 is 10.2 Å². The Balaban J connectivity index is 0.000000380. The Morgan fingerprint density at radius 3 is 1.93 bits per heavy atom. The number of hydrogen-bond donors (Lipinski definition) is 2. The Hall–Kier alpha value is -2.84. The number of hydrogen-bond acceptors (Lipinski definition) is 5. The second-order valence-corrected chi connectivity index (χ2v) is 6.11. The van der Waals surface area contributed by atoms with Crippen molar-refractivity contribution in [2.75, 3.05) is 26.2 Å². The average molecular weight is 375 g/mol. The minimum atomic E-state index is -1.82. The molecule has 1 saturated heterocycles.